The van der Waals surface area contributed by atoms with Crippen molar-refractivity contribution in [3.8, 4) is 5.75 Å². The van der Waals surface area contributed by atoms with Gasteiger partial charge in [0.15, 0.2) is 6.61 Å². The SMILES string of the molecule is CCCNC(=O)[C@H](C)N(Cc1ccc(C)cc1)C(=O)COc1ccccc1C. The highest BCUT2D eigenvalue weighted by molar-refractivity contribution is 5.87. The standard InChI is InChI=1S/C23H30N2O3/c1-5-14-24-23(27)19(4)25(15-20-12-10-17(2)11-13-20)22(26)16-28-21-9-7-6-8-18(21)3/h6-13,19H,5,14-16H2,1-4H3,(H,24,27)/t19-/m0/s1. The Morgan fingerprint density at radius 3 is 2.39 bits per heavy atom. The van der Waals surface area contributed by atoms with Gasteiger partial charge in [-0.25, -0.2) is 0 Å². The van der Waals surface area contributed by atoms with Gasteiger partial charge in [-0.3, -0.25) is 9.59 Å². The molecule has 1 atom stereocenters. The molecular weight excluding hydrogens is 352 g/mol. The van der Waals surface area contributed by atoms with Crippen molar-refractivity contribution in [3.63, 3.8) is 0 Å². The van der Waals surface area contributed by atoms with Crippen LogP contribution >= 0.6 is 0 Å². The fourth-order valence-corrected chi connectivity index (χ4v) is 2.81. The number of para-hydroxylation sites is 1. The van der Waals surface area contributed by atoms with Gasteiger partial charge < -0.3 is 15.0 Å². The van der Waals surface area contributed by atoms with Gasteiger partial charge in [0.05, 0.1) is 0 Å². The first kappa shape index (κ1) is 21.5. The Hall–Kier alpha value is -2.82. The predicted molar refractivity (Wildman–Crippen MR) is 111 cm³/mol. The third-order valence-corrected chi connectivity index (χ3v) is 4.63. The maximum Gasteiger partial charge on any atom is 0.261 e. The van der Waals surface area contributed by atoms with Gasteiger partial charge in [0.1, 0.15) is 11.8 Å². The molecule has 0 bridgehead atoms. The molecule has 150 valence electrons. The van der Waals surface area contributed by atoms with E-state index in [-0.39, 0.29) is 18.4 Å². The van der Waals surface area contributed by atoms with Crippen molar-refractivity contribution in [1.82, 2.24) is 10.2 Å². The van der Waals surface area contributed by atoms with E-state index >= 15 is 0 Å². The molecule has 0 radical (unpaired) electrons. The summed E-state index contributed by atoms with van der Waals surface area (Å²) in [6.07, 6.45) is 0.848. The molecule has 0 saturated heterocycles. The lowest BCUT2D eigenvalue weighted by molar-refractivity contribution is -0.142. The van der Waals surface area contributed by atoms with Crippen molar-refractivity contribution in [2.75, 3.05) is 13.2 Å². The summed E-state index contributed by atoms with van der Waals surface area (Å²) in [6, 6.07) is 15.0. The summed E-state index contributed by atoms with van der Waals surface area (Å²) in [5.74, 6) is 0.301. The van der Waals surface area contributed by atoms with Crippen LogP contribution in [0.2, 0.25) is 0 Å². The van der Waals surface area contributed by atoms with E-state index in [1.807, 2.05) is 69.3 Å². The molecule has 2 rings (SSSR count). The van der Waals surface area contributed by atoms with Gasteiger partial charge in [-0.05, 0) is 44.4 Å². The molecule has 0 aliphatic carbocycles. The monoisotopic (exact) mass is 382 g/mol. The van der Waals surface area contributed by atoms with Crippen LogP contribution in [0.4, 0.5) is 0 Å². The molecule has 1 N–H and O–H groups in total. The van der Waals surface area contributed by atoms with Gasteiger partial charge in [-0.1, -0.05) is 55.0 Å². The number of nitrogens with one attached hydrogen (secondary N) is 1. The van der Waals surface area contributed by atoms with E-state index in [0.29, 0.717) is 18.8 Å². The Kier molecular flexibility index (Phi) is 8.05. The molecule has 0 unspecified atom stereocenters. The van der Waals surface area contributed by atoms with Crippen LogP contribution in [-0.4, -0.2) is 35.9 Å². The number of amides is 2. The van der Waals surface area contributed by atoms with Crippen molar-refractivity contribution < 1.29 is 14.3 Å². The van der Waals surface area contributed by atoms with E-state index in [9.17, 15) is 9.59 Å². The Morgan fingerprint density at radius 1 is 1.07 bits per heavy atom. The molecule has 0 aromatic heterocycles. The quantitative estimate of drug-likeness (QED) is 0.721. The van der Waals surface area contributed by atoms with E-state index in [2.05, 4.69) is 5.32 Å². The predicted octanol–water partition coefficient (Wildman–Crippen LogP) is 3.63. The van der Waals surface area contributed by atoms with Crippen LogP contribution in [0.5, 0.6) is 5.75 Å². The summed E-state index contributed by atoms with van der Waals surface area (Å²) in [4.78, 5) is 27.0. The molecule has 0 spiro atoms. The largest absolute Gasteiger partial charge is 0.484 e. The molecule has 5 nitrogen and oxygen atoms in total. The third-order valence-electron chi connectivity index (χ3n) is 4.63. The molecule has 0 aliphatic heterocycles. The summed E-state index contributed by atoms with van der Waals surface area (Å²) in [5, 5.41) is 2.87. The fourth-order valence-electron chi connectivity index (χ4n) is 2.81. The van der Waals surface area contributed by atoms with Gasteiger partial charge in [0.25, 0.3) is 5.91 Å². The molecule has 0 aliphatic rings. The van der Waals surface area contributed by atoms with Crippen molar-refractivity contribution >= 4 is 11.8 Å². The van der Waals surface area contributed by atoms with E-state index in [1.54, 1.807) is 11.8 Å². The van der Waals surface area contributed by atoms with E-state index in [0.717, 1.165) is 23.1 Å². The first-order valence-electron chi connectivity index (χ1n) is 9.73. The number of carbonyl (C=O) groups excluding carboxylic acids is 2. The third kappa shape index (κ3) is 6.12. The van der Waals surface area contributed by atoms with Gasteiger partial charge in [-0.2, -0.15) is 0 Å². The maximum absolute atomic E-state index is 12.9. The van der Waals surface area contributed by atoms with Crippen molar-refractivity contribution in [2.45, 2.75) is 46.7 Å². The van der Waals surface area contributed by atoms with Crippen LogP contribution in [0.3, 0.4) is 0 Å². The lowest BCUT2D eigenvalue weighted by atomic mass is 10.1. The first-order chi connectivity index (χ1) is 13.4. The molecule has 2 aromatic rings. The highest BCUT2D eigenvalue weighted by atomic mass is 16.5. The summed E-state index contributed by atoms with van der Waals surface area (Å²) < 4.78 is 5.72. The minimum absolute atomic E-state index is 0.109. The van der Waals surface area contributed by atoms with Crippen molar-refractivity contribution in [2.24, 2.45) is 0 Å². The summed E-state index contributed by atoms with van der Waals surface area (Å²) >= 11 is 0. The number of carbonyl (C=O) groups is 2. The maximum atomic E-state index is 12.9. The summed E-state index contributed by atoms with van der Waals surface area (Å²) in [6.45, 7) is 8.55. The topological polar surface area (TPSA) is 58.6 Å². The zero-order chi connectivity index (χ0) is 20.5. The molecule has 5 heteroatoms. The van der Waals surface area contributed by atoms with Gasteiger partial charge in [0.2, 0.25) is 5.91 Å². The van der Waals surface area contributed by atoms with Crippen LogP contribution in [-0.2, 0) is 16.1 Å². The second-order valence-corrected chi connectivity index (χ2v) is 7.03. The zero-order valence-corrected chi connectivity index (χ0v) is 17.2. The minimum Gasteiger partial charge on any atom is -0.484 e. The Labute approximate surface area is 167 Å². The van der Waals surface area contributed by atoms with Crippen molar-refractivity contribution in [3.05, 3.63) is 65.2 Å². The number of hydrogen-bond donors (Lipinski definition) is 1. The van der Waals surface area contributed by atoms with Crippen LogP contribution < -0.4 is 10.1 Å². The van der Waals surface area contributed by atoms with Gasteiger partial charge >= 0.3 is 0 Å². The molecule has 0 saturated carbocycles. The Balaban J connectivity index is 2.13. The zero-order valence-electron chi connectivity index (χ0n) is 17.2. The average Bonchev–Trinajstić information content (AvgIpc) is 2.70. The number of rotatable bonds is 9. The number of aryl methyl sites for hydroxylation is 2. The average molecular weight is 383 g/mol. The van der Waals surface area contributed by atoms with E-state index in [1.165, 1.54) is 0 Å². The van der Waals surface area contributed by atoms with Crippen LogP contribution in [0, 0.1) is 13.8 Å². The van der Waals surface area contributed by atoms with E-state index in [4.69, 9.17) is 4.74 Å². The highest BCUT2D eigenvalue weighted by Crippen LogP contribution is 2.17. The number of nitrogens with zero attached hydrogens (tertiary/aromatic N) is 1. The van der Waals surface area contributed by atoms with Gasteiger partial charge in [-0.15, -0.1) is 0 Å². The van der Waals surface area contributed by atoms with Crippen LogP contribution in [0.1, 0.15) is 37.0 Å². The summed E-state index contributed by atoms with van der Waals surface area (Å²) in [7, 11) is 0. The van der Waals surface area contributed by atoms with Crippen LogP contribution in [0.25, 0.3) is 0 Å². The Morgan fingerprint density at radius 2 is 1.75 bits per heavy atom. The molecule has 2 aromatic carbocycles. The van der Waals surface area contributed by atoms with Crippen LogP contribution in [0.15, 0.2) is 48.5 Å². The molecule has 28 heavy (non-hydrogen) atoms. The normalized spacial score (nSPS) is 11.6. The lowest BCUT2D eigenvalue weighted by Crippen LogP contribution is -2.49. The molecule has 2 amide bonds. The number of ether oxygens (including phenoxy) is 1. The summed E-state index contributed by atoms with van der Waals surface area (Å²) in [5.41, 5.74) is 3.09. The fraction of sp³-hybridized carbons (Fsp3) is 0.391. The second-order valence-electron chi connectivity index (χ2n) is 7.03. The number of hydrogen-bond acceptors (Lipinski definition) is 3. The second kappa shape index (κ2) is 10.5. The van der Waals surface area contributed by atoms with E-state index < -0.39 is 6.04 Å². The van der Waals surface area contributed by atoms with Crippen molar-refractivity contribution in [1.29, 1.82) is 0 Å². The molecular formula is C23H30N2O3. The first-order valence-corrected chi connectivity index (χ1v) is 9.73. The number of benzene rings is 2. The molecule has 0 heterocycles. The highest BCUT2D eigenvalue weighted by Gasteiger charge is 2.26. The van der Waals surface area contributed by atoms with Gasteiger partial charge in [0, 0.05) is 13.1 Å². The molecule has 0 fully saturated rings. The lowest BCUT2D eigenvalue weighted by Gasteiger charge is -2.29. The smallest absolute Gasteiger partial charge is 0.261 e. The minimum atomic E-state index is -0.583. The Bertz CT molecular complexity index is 787.